The molecule has 0 aliphatic rings. The quantitative estimate of drug-likeness (QED) is 0.544. The van der Waals surface area contributed by atoms with Crippen molar-refractivity contribution in [2.45, 2.75) is 0 Å². The van der Waals surface area contributed by atoms with Crippen LogP contribution in [0.1, 0.15) is 10.4 Å². The van der Waals surface area contributed by atoms with E-state index in [1.165, 1.54) is 0 Å². The van der Waals surface area contributed by atoms with Gasteiger partial charge in [-0.3, -0.25) is 9.20 Å². The van der Waals surface area contributed by atoms with E-state index in [-0.39, 0.29) is 11.1 Å². The van der Waals surface area contributed by atoms with Crippen molar-refractivity contribution in [2.75, 3.05) is 5.32 Å². The van der Waals surface area contributed by atoms with E-state index < -0.39 is 0 Å². The summed E-state index contributed by atoms with van der Waals surface area (Å²) in [5, 5.41) is 3.12. The lowest BCUT2D eigenvalue weighted by Gasteiger charge is -2.10. The third-order valence-electron chi connectivity index (χ3n) is 3.66. The first-order chi connectivity index (χ1) is 12.7. The fourth-order valence-corrected chi connectivity index (χ4v) is 2.64. The van der Waals surface area contributed by atoms with Crippen LogP contribution in [0.2, 0.25) is 5.15 Å². The van der Waals surface area contributed by atoms with Crippen molar-refractivity contribution in [1.29, 1.82) is 0 Å². The van der Waals surface area contributed by atoms with Gasteiger partial charge in [-0.25, -0.2) is 9.97 Å². The molecule has 0 atom stereocenters. The first-order valence-corrected chi connectivity index (χ1v) is 8.21. The lowest BCUT2D eigenvalue weighted by Crippen LogP contribution is -2.11. The lowest BCUT2D eigenvalue weighted by molar-refractivity contribution is 0.102. The summed E-state index contributed by atoms with van der Waals surface area (Å²) in [4.78, 5) is 20.6. The molecular weight excluding hydrogens is 352 g/mol. The molecular formula is C19H13ClN4O2. The predicted octanol–water partition coefficient (Wildman–Crippen LogP) is 4.43. The number of carbonyl (C=O) groups excluding carboxylic acids is 1. The van der Waals surface area contributed by atoms with Crippen LogP contribution in [0.25, 0.3) is 5.78 Å². The molecule has 6 nitrogen and oxygen atoms in total. The van der Waals surface area contributed by atoms with Gasteiger partial charge in [-0.2, -0.15) is 0 Å². The van der Waals surface area contributed by atoms with E-state index >= 15 is 0 Å². The second-order valence-corrected chi connectivity index (χ2v) is 5.85. The minimum absolute atomic E-state index is 0.220. The molecule has 128 valence electrons. The number of carbonyl (C=O) groups is 1. The maximum absolute atomic E-state index is 12.4. The minimum atomic E-state index is -0.220. The van der Waals surface area contributed by atoms with Gasteiger partial charge in [0.2, 0.25) is 11.7 Å². The van der Waals surface area contributed by atoms with Gasteiger partial charge in [-0.1, -0.05) is 35.9 Å². The van der Waals surface area contributed by atoms with E-state index in [9.17, 15) is 4.79 Å². The number of nitrogens with zero attached hydrogens (tertiary/aromatic N) is 3. The summed E-state index contributed by atoms with van der Waals surface area (Å²) in [6.07, 6.45) is 3.33. The van der Waals surface area contributed by atoms with E-state index in [4.69, 9.17) is 16.3 Å². The number of rotatable bonds is 4. The van der Waals surface area contributed by atoms with Gasteiger partial charge in [0, 0.05) is 29.7 Å². The highest BCUT2D eigenvalue weighted by Crippen LogP contribution is 2.25. The van der Waals surface area contributed by atoms with E-state index in [0.717, 1.165) is 5.69 Å². The van der Waals surface area contributed by atoms with Crippen molar-refractivity contribution in [3.8, 4) is 11.6 Å². The number of para-hydroxylation sites is 1. The normalized spacial score (nSPS) is 10.7. The van der Waals surface area contributed by atoms with Crippen LogP contribution in [-0.4, -0.2) is 20.3 Å². The van der Waals surface area contributed by atoms with E-state index in [0.29, 0.717) is 23.0 Å². The van der Waals surface area contributed by atoms with Crippen LogP contribution in [0.3, 0.4) is 0 Å². The number of aromatic nitrogens is 3. The summed E-state index contributed by atoms with van der Waals surface area (Å²) in [7, 11) is 0. The second-order valence-electron chi connectivity index (χ2n) is 5.46. The average Bonchev–Trinajstić information content (AvgIpc) is 3.11. The van der Waals surface area contributed by atoms with Gasteiger partial charge < -0.3 is 10.1 Å². The van der Waals surface area contributed by atoms with Crippen molar-refractivity contribution in [1.82, 2.24) is 14.4 Å². The van der Waals surface area contributed by atoms with Gasteiger partial charge >= 0.3 is 0 Å². The maximum Gasteiger partial charge on any atom is 0.255 e. The van der Waals surface area contributed by atoms with Gasteiger partial charge in [0.05, 0.1) is 0 Å². The zero-order valence-electron chi connectivity index (χ0n) is 13.5. The Morgan fingerprint density at radius 3 is 2.77 bits per heavy atom. The highest BCUT2D eigenvalue weighted by Gasteiger charge is 2.10. The second kappa shape index (κ2) is 6.85. The number of fused-ring (bicyclic) bond motifs is 1. The van der Waals surface area contributed by atoms with Crippen molar-refractivity contribution >= 4 is 29.0 Å². The zero-order chi connectivity index (χ0) is 17.9. The molecule has 2 aromatic carbocycles. The minimum Gasteiger partial charge on any atom is -0.440 e. The number of hydrogen-bond acceptors (Lipinski definition) is 4. The summed E-state index contributed by atoms with van der Waals surface area (Å²) in [5.74, 6) is 1.17. The molecule has 2 heterocycles. The number of hydrogen-bond donors (Lipinski definition) is 1. The van der Waals surface area contributed by atoms with Crippen molar-refractivity contribution in [3.05, 3.63) is 83.8 Å². The Balaban J connectivity index is 1.59. The molecule has 0 saturated carbocycles. The average molecular weight is 365 g/mol. The van der Waals surface area contributed by atoms with Crippen LogP contribution >= 0.6 is 11.6 Å². The number of ether oxygens (including phenoxy) is 1. The molecule has 0 fully saturated rings. The smallest absolute Gasteiger partial charge is 0.255 e. The van der Waals surface area contributed by atoms with Crippen molar-refractivity contribution < 1.29 is 9.53 Å². The summed E-state index contributed by atoms with van der Waals surface area (Å²) in [5.41, 5.74) is 1.21. The molecule has 0 spiro atoms. The number of nitrogens with one attached hydrogen (secondary N) is 1. The molecule has 26 heavy (non-hydrogen) atoms. The molecule has 1 N–H and O–H groups in total. The van der Waals surface area contributed by atoms with Crippen molar-refractivity contribution in [3.63, 3.8) is 0 Å². The molecule has 0 unspecified atom stereocenters. The van der Waals surface area contributed by atoms with Gasteiger partial charge in [-0.05, 0) is 30.3 Å². The Labute approximate surface area is 154 Å². The van der Waals surface area contributed by atoms with E-state index in [1.54, 1.807) is 47.1 Å². The molecule has 0 aliphatic carbocycles. The van der Waals surface area contributed by atoms with Gasteiger partial charge in [0.1, 0.15) is 10.9 Å². The fourth-order valence-electron chi connectivity index (χ4n) is 2.47. The Kier molecular flexibility index (Phi) is 4.25. The number of halogens is 1. The maximum atomic E-state index is 12.4. The Hall–Kier alpha value is -3.38. The zero-order valence-corrected chi connectivity index (χ0v) is 14.2. The number of amides is 1. The third kappa shape index (κ3) is 3.36. The van der Waals surface area contributed by atoms with Gasteiger partial charge in [0.25, 0.3) is 5.91 Å². The Bertz CT molecular complexity index is 1080. The molecule has 0 saturated heterocycles. The van der Waals surface area contributed by atoms with Crippen LogP contribution in [0.4, 0.5) is 5.69 Å². The summed E-state index contributed by atoms with van der Waals surface area (Å²) < 4.78 is 7.56. The lowest BCUT2D eigenvalue weighted by atomic mass is 10.2. The topological polar surface area (TPSA) is 68.5 Å². The van der Waals surface area contributed by atoms with Crippen LogP contribution in [0.5, 0.6) is 11.6 Å². The van der Waals surface area contributed by atoms with E-state index in [2.05, 4.69) is 15.3 Å². The third-order valence-corrected chi connectivity index (χ3v) is 3.85. The molecule has 7 heteroatoms. The molecule has 0 bridgehead atoms. The molecule has 4 aromatic rings. The highest BCUT2D eigenvalue weighted by molar-refractivity contribution is 6.29. The van der Waals surface area contributed by atoms with Crippen LogP contribution in [-0.2, 0) is 0 Å². The van der Waals surface area contributed by atoms with Gasteiger partial charge in [-0.15, -0.1) is 0 Å². The molecule has 2 aromatic heterocycles. The Morgan fingerprint density at radius 2 is 1.92 bits per heavy atom. The number of benzene rings is 2. The predicted molar refractivity (Wildman–Crippen MR) is 98.9 cm³/mol. The highest BCUT2D eigenvalue weighted by atomic mass is 35.5. The summed E-state index contributed by atoms with van der Waals surface area (Å²) in [6, 6.07) is 17.7. The number of anilines is 1. The van der Waals surface area contributed by atoms with E-state index in [1.807, 2.05) is 30.3 Å². The largest absolute Gasteiger partial charge is 0.440 e. The number of imidazole rings is 1. The fraction of sp³-hybridized carbons (Fsp3) is 0. The molecule has 4 rings (SSSR count). The summed E-state index contributed by atoms with van der Waals surface area (Å²) >= 11 is 6.01. The first-order valence-electron chi connectivity index (χ1n) is 7.83. The van der Waals surface area contributed by atoms with Crippen LogP contribution < -0.4 is 10.1 Å². The summed E-state index contributed by atoms with van der Waals surface area (Å²) in [6.45, 7) is 0. The Morgan fingerprint density at radius 1 is 1.08 bits per heavy atom. The standard InChI is InChI=1S/C19H13ClN4O2/c20-16-12-17(24-10-9-21-19(24)23-16)26-15-8-4-5-13(11-15)18(25)22-14-6-2-1-3-7-14/h1-12H,(H,22,25). The molecule has 0 aliphatic heterocycles. The van der Waals surface area contributed by atoms with Gasteiger partial charge in [0.15, 0.2) is 0 Å². The molecule has 1 amide bonds. The monoisotopic (exact) mass is 364 g/mol. The van der Waals surface area contributed by atoms with Crippen LogP contribution in [0, 0.1) is 0 Å². The SMILES string of the molecule is O=C(Nc1ccccc1)c1cccc(Oc2cc(Cl)nc3nccn23)c1. The first kappa shape index (κ1) is 16.1. The van der Waals surface area contributed by atoms with Crippen LogP contribution in [0.15, 0.2) is 73.1 Å². The molecule has 0 radical (unpaired) electrons. The van der Waals surface area contributed by atoms with Crippen molar-refractivity contribution in [2.24, 2.45) is 0 Å².